The Morgan fingerprint density at radius 3 is 2.62 bits per heavy atom. The maximum absolute atomic E-state index is 13.1. The van der Waals surface area contributed by atoms with Crippen LogP contribution in [0, 0.1) is 0 Å². The van der Waals surface area contributed by atoms with E-state index in [4.69, 9.17) is 4.74 Å². The summed E-state index contributed by atoms with van der Waals surface area (Å²) in [6, 6.07) is 14.0. The molecule has 32 heavy (non-hydrogen) atoms. The molecule has 0 bridgehead atoms. The van der Waals surface area contributed by atoms with Gasteiger partial charge < -0.3 is 14.4 Å². The molecular formula is C24H23F2N3O3. The molecule has 1 spiro atoms. The van der Waals surface area contributed by atoms with Crippen molar-refractivity contribution in [2.75, 3.05) is 13.1 Å². The van der Waals surface area contributed by atoms with E-state index < -0.39 is 12.2 Å². The number of aromatic nitrogens is 2. The minimum absolute atomic E-state index is 0.109. The van der Waals surface area contributed by atoms with E-state index in [-0.39, 0.29) is 17.2 Å². The van der Waals surface area contributed by atoms with Gasteiger partial charge in [-0.1, -0.05) is 24.3 Å². The van der Waals surface area contributed by atoms with Crippen LogP contribution in [0.15, 0.2) is 54.7 Å². The van der Waals surface area contributed by atoms with Gasteiger partial charge in [-0.25, -0.2) is 0 Å². The van der Waals surface area contributed by atoms with Gasteiger partial charge in [-0.3, -0.25) is 9.48 Å². The highest BCUT2D eigenvalue weighted by atomic mass is 19.3. The summed E-state index contributed by atoms with van der Waals surface area (Å²) < 4.78 is 38.6. The highest BCUT2D eigenvalue weighted by molar-refractivity contribution is 5.97. The Morgan fingerprint density at radius 1 is 1.16 bits per heavy atom. The normalized spacial score (nSPS) is 16.4. The predicted octanol–water partition coefficient (Wildman–Crippen LogP) is 4.70. The molecule has 8 heteroatoms. The third-order valence-electron chi connectivity index (χ3n) is 6.27. The van der Waals surface area contributed by atoms with Crippen LogP contribution >= 0.6 is 0 Å². The summed E-state index contributed by atoms with van der Waals surface area (Å²) in [5.41, 5.74) is 2.67. The van der Waals surface area contributed by atoms with Crippen LogP contribution in [0.4, 0.5) is 8.78 Å². The number of aryl methyl sites for hydroxylation is 1. The van der Waals surface area contributed by atoms with Crippen molar-refractivity contribution in [1.29, 1.82) is 0 Å². The Hall–Kier alpha value is -3.42. The molecule has 0 N–H and O–H groups in total. The second-order valence-corrected chi connectivity index (χ2v) is 7.98. The number of para-hydroxylation sites is 2. The number of rotatable bonds is 4. The molecule has 0 aliphatic carbocycles. The lowest BCUT2D eigenvalue weighted by atomic mass is 9.81. The van der Waals surface area contributed by atoms with Crippen molar-refractivity contribution in [2.45, 2.75) is 38.5 Å². The van der Waals surface area contributed by atoms with Gasteiger partial charge in [0.1, 0.15) is 17.1 Å². The number of hydrogen-bond acceptors (Lipinski definition) is 4. The molecule has 0 atom stereocenters. The Bertz CT molecular complexity index is 1150. The van der Waals surface area contributed by atoms with Crippen molar-refractivity contribution >= 4 is 5.91 Å². The largest absolute Gasteiger partial charge is 0.482 e. The first-order valence-corrected chi connectivity index (χ1v) is 10.7. The molecule has 3 heterocycles. The number of halogens is 2. The fourth-order valence-corrected chi connectivity index (χ4v) is 4.71. The Labute approximate surface area is 184 Å². The molecular weight excluding hydrogens is 416 g/mol. The summed E-state index contributed by atoms with van der Waals surface area (Å²) in [7, 11) is 0. The molecule has 1 fully saturated rings. The average molecular weight is 439 g/mol. The highest BCUT2D eigenvalue weighted by Crippen LogP contribution is 2.49. The van der Waals surface area contributed by atoms with Crippen LogP contribution in [0.2, 0.25) is 0 Å². The summed E-state index contributed by atoms with van der Waals surface area (Å²) in [5, 5.41) is 4.57. The second kappa shape index (κ2) is 7.93. The Morgan fingerprint density at radius 2 is 1.88 bits per heavy atom. The van der Waals surface area contributed by atoms with Gasteiger partial charge in [0, 0.05) is 43.6 Å². The van der Waals surface area contributed by atoms with E-state index in [1.54, 1.807) is 17.0 Å². The third kappa shape index (κ3) is 3.30. The van der Waals surface area contributed by atoms with Crippen LogP contribution in [0.25, 0.3) is 11.3 Å². The van der Waals surface area contributed by atoms with E-state index >= 15 is 0 Å². The number of hydrogen-bond donors (Lipinski definition) is 0. The lowest BCUT2D eigenvalue weighted by Crippen LogP contribution is -2.49. The first kappa shape index (κ1) is 20.5. The van der Waals surface area contributed by atoms with Crippen LogP contribution < -0.4 is 9.47 Å². The SMILES string of the molecule is CCn1ncc2c1-c1ccccc1OC21CCN(C(=O)c2ccccc2OC(F)F)CC1. The van der Waals surface area contributed by atoms with Gasteiger partial charge in [0.25, 0.3) is 5.91 Å². The second-order valence-electron chi connectivity index (χ2n) is 7.98. The maximum Gasteiger partial charge on any atom is 0.387 e. The minimum Gasteiger partial charge on any atom is -0.482 e. The molecule has 1 amide bonds. The number of alkyl halides is 2. The number of amides is 1. The Kier molecular flexibility index (Phi) is 5.07. The quantitative estimate of drug-likeness (QED) is 0.592. The summed E-state index contributed by atoms with van der Waals surface area (Å²) in [4.78, 5) is 14.8. The average Bonchev–Trinajstić information content (AvgIpc) is 3.25. The molecule has 1 saturated heterocycles. The highest BCUT2D eigenvalue weighted by Gasteiger charge is 2.46. The number of piperidine rings is 1. The fraction of sp³-hybridized carbons (Fsp3) is 0.333. The van der Waals surface area contributed by atoms with E-state index in [1.807, 2.05) is 35.1 Å². The first-order chi connectivity index (χ1) is 15.5. The predicted molar refractivity (Wildman–Crippen MR) is 114 cm³/mol. The molecule has 2 aliphatic rings. The molecule has 3 aromatic rings. The zero-order chi connectivity index (χ0) is 22.3. The van der Waals surface area contributed by atoms with Gasteiger partial charge in [0.15, 0.2) is 0 Å². The maximum atomic E-state index is 13.1. The van der Waals surface area contributed by atoms with Crippen molar-refractivity contribution < 1.29 is 23.0 Å². The van der Waals surface area contributed by atoms with E-state index in [2.05, 4.69) is 16.8 Å². The molecule has 0 unspecified atom stereocenters. The zero-order valence-corrected chi connectivity index (χ0v) is 17.6. The van der Waals surface area contributed by atoms with E-state index in [9.17, 15) is 13.6 Å². The summed E-state index contributed by atoms with van der Waals surface area (Å²) in [5.74, 6) is 0.379. The van der Waals surface area contributed by atoms with Gasteiger partial charge in [0.05, 0.1) is 17.5 Å². The molecule has 2 aliphatic heterocycles. The van der Waals surface area contributed by atoms with Crippen molar-refractivity contribution in [2.24, 2.45) is 0 Å². The lowest BCUT2D eigenvalue weighted by Gasteiger charge is -2.44. The van der Waals surface area contributed by atoms with Crippen LogP contribution in [0.1, 0.15) is 35.7 Å². The first-order valence-electron chi connectivity index (χ1n) is 10.7. The van der Waals surface area contributed by atoms with Crippen LogP contribution in [-0.2, 0) is 12.1 Å². The van der Waals surface area contributed by atoms with Crippen LogP contribution in [-0.4, -0.2) is 40.3 Å². The zero-order valence-electron chi connectivity index (χ0n) is 17.6. The number of nitrogens with zero attached hydrogens (tertiary/aromatic N) is 3. The summed E-state index contributed by atoms with van der Waals surface area (Å²) in [6.07, 6.45) is 3.03. The van der Waals surface area contributed by atoms with Gasteiger partial charge in [0.2, 0.25) is 0 Å². The molecule has 1 aromatic heterocycles. The topological polar surface area (TPSA) is 56.6 Å². The minimum atomic E-state index is -2.99. The number of fused-ring (bicyclic) bond motifs is 4. The van der Waals surface area contributed by atoms with E-state index in [1.165, 1.54) is 12.1 Å². The molecule has 2 aromatic carbocycles. The molecule has 5 rings (SSSR count). The standard InChI is InChI=1S/C24H23F2N3O3/c1-2-29-21-16-7-3-6-10-20(16)32-24(18(21)15-27-29)11-13-28(14-12-24)22(30)17-8-4-5-9-19(17)31-23(25)26/h3-10,15,23H,2,11-14H2,1H3. The molecule has 6 nitrogen and oxygen atoms in total. The molecule has 0 saturated carbocycles. The van der Waals surface area contributed by atoms with Crippen molar-refractivity contribution in [3.05, 3.63) is 65.9 Å². The molecule has 0 radical (unpaired) electrons. The van der Waals surface area contributed by atoms with E-state index in [0.717, 1.165) is 29.1 Å². The smallest absolute Gasteiger partial charge is 0.387 e. The van der Waals surface area contributed by atoms with Crippen LogP contribution in [0.3, 0.4) is 0 Å². The lowest BCUT2D eigenvalue weighted by molar-refractivity contribution is -0.0504. The van der Waals surface area contributed by atoms with Crippen molar-refractivity contribution in [1.82, 2.24) is 14.7 Å². The number of ether oxygens (including phenoxy) is 2. The number of carbonyl (C=O) groups excluding carboxylic acids is 1. The van der Waals surface area contributed by atoms with Gasteiger partial charge in [-0.2, -0.15) is 13.9 Å². The van der Waals surface area contributed by atoms with Gasteiger partial charge in [-0.15, -0.1) is 0 Å². The van der Waals surface area contributed by atoms with E-state index in [0.29, 0.717) is 25.9 Å². The van der Waals surface area contributed by atoms with Crippen molar-refractivity contribution in [3.63, 3.8) is 0 Å². The number of likely N-dealkylation sites (tertiary alicyclic amines) is 1. The third-order valence-corrected chi connectivity index (χ3v) is 6.27. The van der Waals surface area contributed by atoms with Gasteiger partial charge in [-0.05, 0) is 31.2 Å². The van der Waals surface area contributed by atoms with Crippen molar-refractivity contribution in [3.8, 4) is 22.8 Å². The Balaban J connectivity index is 1.42. The number of benzene rings is 2. The summed E-state index contributed by atoms with van der Waals surface area (Å²) in [6.45, 7) is 0.670. The molecule has 166 valence electrons. The number of carbonyl (C=O) groups is 1. The van der Waals surface area contributed by atoms with Gasteiger partial charge >= 0.3 is 6.61 Å². The monoisotopic (exact) mass is 439 g/mol. The van der Waals surface area contributed by atoms with Crippen LogP contribution in [0.5, 0.6) is 11.5 Å². The summed E-state index contributed by atoms with van der Waals surface area (Å²) >= 11 is 0. The fourth-order valence-electron chi connectivity index (χ4n) is 4.71.